The molecule has 0 aliphatic rings. The fourth-order valence-electron chi connectivity index (χ4n) is 3.13. The lowest BCUT2D eigenvalue weighted by Gasteiger charge is -2.19. The number of aryl methyl sites for hydroxylation is 1. The molecule has 7 heteroatoms. The van der Waals surface area contributed by atoms with Crippen LogP contribution >= 0.6 is 0 Å². The molecule has 1 amide bonds. The molecule has 0 aliphatic heterocycles. The van der Waals surface area contributed by atoms with Crippen LogP contribution in [0.15, 0.2) is 36.4 Å². The van der Waals surface area contributed by atoms with Crippen LogP contribution in [0.25, 0.3) is 0 Å². The van der Waals surface area contributed by atoms with Crippen LogP contribution in [-0.2, 0) is 26.2 Å². The first-order valence-corrected chi connectivity index (χ1v) is 10.5. The van der Waals surface area contributed by atoms with Gasteiger partial charge in [0.2, 0.25) is 5.75 Å². The third kappa shape index (κ3) is 6.64. The maximum Gasteiger partial charge on any atom is 0.306 e. The van der Waals surface area contributed by atoms with Crippen molar-refractivity contribution in [2.45, 2.75) is 52.1 Å². The Morgan fingerprint density at radius 2 is 1.50 bits per heavy atom. The maximum atomic E-state index is 12.4. The Labute approximate surface area is 190 Å². The highest BCUT2D eigenvalue weighted by Crippen LogP contribution is 2.38. The van der Waals surface area contributed by atoms with Gasteiger partial charge in [-0.3, -0.25) is 9.59 Å². The minimum atomic E-state index is -0.912. The molecular formula is C25H33NO6. The SMILES string of the molecule is COc1cc(CCC(=O)OC(C)C(=O)Nc2ccc(C(C)(C)C)cc2)cc(OC)c1OC. The molecule has 0 saturated carbocycles. The quantitative estimate of drug-likeness (QED) is 0.574. The molecule has 0 radical (unpaired) electrons. The Morgan fingerprint density at radius 1 is 0.938 bits per heavy atom. The second kappa shape index (κ2) is 10.9. The number of carbonyl (C=O) groups excluding carboxylic acids is 2. The van der Waals surface area contributed by atoms with E-state index in [0.29, 0.717) is 29.4 Å². The van der Waals surface area contributed by atoms with Crippen LogP contribution in [0.4, 0.5) is 5.69 Å². The summed E-state index contributed by atoms with van der Waals surface area (Å²) in [6, 6.07) is 11.2. The smallest absolute Gasteiger partial charge is 0.306 e. The molecular weight excluding hydrogens is 410 g/mol. The standard InChI is InChI=1S/C25H33NO6/c1-16(24(28)26-19-11-9-18(10-12-19)25(2,3)4)32-22(27)13-8-17-14-20(29-5)23(31-7)21(15-17)30-6/h9-12,14-16H,8,13H2,1-7H3,(H,26,28). The summed E-state index contributed by atoms with van der Waals surface area (Å²) in [5, 5.41) is 2.78. The van der Waals surface area contributed by atoms with Gasteiger partial charge >= 0.3 is 5.97 Å². The van der Waals surface area contributed by atoms with Gasteiger partial charge in [0.05, 0.1) is 21.3 Å². The van der Waals surface area contributed by atoms with Gasteiger partial charge in [0.15, 0.2) is 17.6 Å². The van der Waals surface area contributed by atoms with Crippen molar-refractivity contribution in [2.75, 3.05) is 26.6 Å². The highest BCUT2D eigenvalue weighted by Gasteiger charge is 2.20. The van der Waals surface area contributed by atoms with Crippen molar-refractivity contribution in [3.8, 4) is 17.2 Å². The monoisotopic (exact) mass is 443 g/mol. The Morgan fingerprint density at radius 3 is 1.97 bits per heavy atom. The third-order valence-corrected chi connectivity index (χ3v) is 5.04. The molecule has 0 aromatic heterocycles. The molecule has 174 valence electrons. The van der Waals surface area contributed by atoms with Crippen LogP contribution < -0.4 is 19.5 Å². The summed E-state index contributed by atoms with van der Waals surface area (Å²) in [6.45, 7) is 7.93. The third-order valence-electron chi connectivity index (χ3n) is 5.04. The second-order valence-electron chi connectivity index (χ2n) is 8.48. The van der Waals surface area contributed by atoms with E-state index in [9.17, 15) is 9.59 Å². The predicted octanol–water partition coefficient (Wildman–Crippen LogP) is 4.51. The number of rotatable bonds is 9. The number of nitrogens with one attached hydrogen (secondary N) is 1. The molecule has 0 heterocycles. The summed E-state index contributed by atoms with van der Waals surface area (Å²) in [5.74, 6) is 0.669. The Bertz CT molecular complexity index is 905. The van der Waals surface area contributed by atoms with Gasteiger partial charge in [-0.05, 0) is 54.2 Å². The normalized spacial score (nSPS) is 12.0. The number of hydrogen-bond acceptors (Lipinski definition) is 6. The van der Waals surface area contributed by atoms with Crippen LogP contribution in [-0.4, -0.2) is 39.3 Å². The van der Waals surface area contributed by atoms with Gasteiger partial charge in [0.1, 0.15) is 0 Å². The Kier molecular flexibility index (Phi) is 8.52. The van der Waals surface area contributed by atoms with Crippen molar-refractivity contribution in [3.63, 3.8) is 0 Å². The highest BCUT2D eigenvalue weighted by molar-refractivity contribution is 5.95. The van der Waals surface area contributed by atoms with Gasteiger partial charge in [0.25, 0.3) is 5.91 Å². The number of benzene rings is 2. The summed E-state index contributed by atoms with van der Waals surface area (Å²) in [5.41, 5.74) is 2.68. The van der Waals surface area contributed by atoms with Crippen LogP contribution in [0.5, 0.6) is 17.2 Å². The van der Waals surface area contributed by atoms with E-state index in [1.807, 2.05) is 24.3 Å². The summed E-state index contributed by atoms with van der Waals surface area (Å²) in [7, 11) is 4.60. The number of methoxy groups -OCH3 is 3. The topological polar surface area (TPSA) is 83.1 Å². The van der Waals surface area contributed by atoms with Crippen molar-refractivity contribution >= 4 is 17.6 Å². The van der Waals surface area contributed by atoms with Gasteiger partial charge in [-0.1, -0.05) is 32.9 Å². The molecule has 1 N–H and O–H groups in total. The Balaban J connectivity index is 1.92. The van der Waals surface area contributed by atoms with Gasteiger partial charge in [0, 0.05) is 12.1 Å². The number of amides is 1. The lowest BCUT2D eigenvalue weighted by atomic mass is 9.87. The highest BCUT2D eigenvalue weighted by atomic mass is 16.5. The lowest BCUT2D eigenvalue weighted by Crippen LogP contribution is -2.30. The van der Waals surface area contributed by atoms with Crippen LogP contribution in [0.3, 0.4) is 0 Å². The summed E-state index contributed by atoms with van der Waals surface area (Å²) >= 11 is 0. The number of esters is 1. The molecule has 2 aromatic carbocycles. The van der Waals surface area contributed by atoms with Crippen LogP contribution in [0.2, 0.25) is 0 Å². The zero-order valence-corrected chi connectivity index (χ0v) is 19.9. The molecule has 32 heavy (non-hydrogen) atoms. The van der Waals surface area contributed by atoms with E-state index in [1.165, 1.54) is 26.9 Å². The van der Waals surface area contributed by atoms with E-state index in [4.69, 9.17) is 18.9 Å². The first-order chi connectivity index (χ1) is 15.1. The average Bonchev–Trinajstić information content (AvgIpc) is 2.76. The first-order valence-electron chi connectivity index (χ1n) is 10.5. The molecule has 0 aliphatic carbocycles. The van der Waals surface area contributed by atoms with Crippen LogP contribution in [0.1, 0.15) is 45.2 Å². The van der Waals surface area contributed by atoms with Gasteiger partial charge in [-0.15, -0.1) is 0 Å². The molecule has 2 aromatic rings. The van der Waals surface area contributed by atoms with E-state index in [0.717, 1.165) is 5.56 Å². The van der Waals surface area contributed by atoms with Gasteiger partial charge < -0.3 is 24.3 Å². The van der Waals surface area contributed by atoms with E-state index in [-0.39, 0.29) is 17.7 Å². The largest absolute Gasteiger partial charge is 0.493 e. The van der Waals surface area contributed by atoms with Crippen molar-refractivity contribution < 1.29 is 28.5 Å². The minimum absolute atomic E-state index is 0.0310. The molecule has 7 nitrogen and oxygen atoms in total. The van der Waals surface area contributed by atoms with Gasteiger partial charge in [-0.25, -0.2) is 0 Å². The molecule has 0 fully saturated rings. The van der Waals surface area contributed by atoms with E-state index < -0.39 is 12.1 Å². The minimum Gasteiger partial charge on any atom is -0.493 e. The summed E-state index contributed by atoms with van der Waals surface area (Å²) in [6.07, 6.45) is -0.404. The zero-order chi connectivity index (χ0) is 23.9. The molecule has 2 rings (SSSR count). The summed E-state index contributed by atoms with van der Waals surface area (Å²) < 4.78 is 21.3. The van der Waals surface area contributed by atoms with E-state index >= 15 is 0 Å². The fraction of sp³-hybridized carbons (Fsp3) is 0.440. The predicted molar refractivity (Wildman–Crippen MR) is 124 cm³/mol. The average molecular weight is 444 g/mol. The molecule has 1 unspecified atom stereocenters. The van der Waals surface area contributed by atoms with Crippen molar-refractivity contribution in [1.82, 2.24) is 0 Å². The van der Waals surface area contributed by atoms with E-state index in [1.54, 1.807) is 19.1 Å². The van der Waals surface area contributed by atoms with Crippen LogP contribution in [0, 0.1) is 0 Å². The first kappa shape index (κ1) is 25.0. The van der Waals surface area contributed by atoms with Crippen molar-refractivity contribution in [3.05, 3.63) is 47.5 Å². The lowest BCUT2D eigenvalue weighted by molar-refractivity contribution is -0.153. The number of anilines is 1. The van der Waals surface area contributed by atoms with Crippen molar-refractivity contribution in [1.29, 1.82) is 0 Å². The van der Waals surface area contributed by atoms with E-state index in [2.05, 4.69) is 26.1 Å². The fourth-order valence-corrected chi connectivity index (χ4v) is 3.13. The second-order valence-corrected chi connectivity index (χ2v) is 8.48. The zero-order valence-electron chi connectivity index (χ0n) is 19.9. The van der Waals surface area contributed by atoms with Gasteiger partial charge in [-0.2, -0.15) is 0 Å². The molecule has 0 saturated heterocycles. The number of ether oxygens (including phenoxy) is 4. The number of hydrogen-bond donors (Lipinski definition) is 1. The maximum absolute atomic E-state index is 12.4. The number of carbonyl (C=O) groups is 2. The Hall–Kier alpha value is -3.22. The van der Waals surface area contributed by atoms with Crippen molar-refractivity contribution in [2.24, 2.45) is 0 Å². The molecule has 1 atom stereocenters. The summed E-state index contributed by atoms with van der Waals surface area (Å²) in [4.78, 5) is 24.7. The molecule has 0 bridgehead atoms. The molecule has 0 spiro atoms.